The molecule has 1 aromatic carbocycles. The average Bonchev–Trinajstić information content (AvgIpc) is 3.13. The van der Waals surface area contributed by atoms with Crippen LogP contribution in [-0.4, -0.2) is 10.9 Å². The zero-order valence-electron chi connectivity index (χ0n) is 10.5. The topological polar surface area (TPSA) is 69.4 Å². The molecule has 0 aromatic heterocycles. The molecular weight excluding hydrogens is 246 g/mol. The van der Waals surface area contributed by atoms with Crippen molar-refractivity contribution in [2.24, 2.45) is 17.8 Å². The van der Waals surface area contributed by atoms with E-state index in [1.54, 1.807) is 0 Å². The van der Waals surface area contributed by atoms with E-state index in [2.05, 4.69) is 0 Å². The van der Waals surface area contributed by atoms with Gasteiger partial charge >= 0.3 is 5.97 Å². The fraction of sp³-hybridized carbons (Fsp3) is 0.500. The number of benzene rings is 1. The Morgan fingerprint density at radius 2 is 1.74 bits per heavy atom. The highest BCUT2D eigenvalue weighted by molar-refractivity contribution is 5.79. The van der Waals surface area contributed by atoms with Crippen LogP contribution in [0.2, 0.25) is 0 Å². The number of esters is 1. The Labute approximate surface area is 110 Å². The van der Waals surface area contributed by atoms with Gasteiger partial charge in [0.25, 0.3) is 5.69 Å². The first-order valence-corrected chi connectivity index (χ1v) is 6.63. The standard InChI is InChI=1S/C14H15NO4/c16-14(13-11-3-1-2-4-12(11)13)19-10-7-5-9(6-8-10)15(17)18/h5-8,11-13H,1-4H2. The van der Waals surface area contributed by atoms with E-state index in [1.165, 1.54) is 37.1 Å². The fourth-order valence-electron chi connectivity index (χ4n) is 3.16. The number of carbonyl (C=O) groups excluding carboxylic acids is 1. The molecule has 0 saturated heterocycles. The van der Waals surface area contributed by atoms with Crippen LogP contribution >= 0.6 is 0 Å². The van der Waals surface area contributed by atoms with Crippen molar-refractivity contribution in [2.45, 2.75) is 25.7 Å². The molecule has 5 nitrogen and oxygen atoms in total. The first kappa shape index (κ1) is 12.1. The molecule has 100 valence electrons. The van der Waals surface area contributed by atoms with Crippen molar-refractivity contribution in [3.8, 4) is 5.75 Å². The Morgan fingerprint density at radius 1 is 1.16 bits per heavy atom. The maximum Gasteiger partial charge on any atom is 0.314 e. The molecule has 2 atom stereocenters. The number of hydrogen-bond acceptors (Lipinski definition) is 4. The summed E-state index contributed by atoms with van der Waals surface area (Å²) in [6.07, 6.45) is 4.68. The number of nitro benzene ring substituents is 1. The van der Waals surface area contributed by atoms with Crippen LogP contribution in [0, 0.1) is 27.9 Å². The summed E-state index contributed by atoms with van der Waals surface area (Å²) in [5.74, 6) is 1.29. The molecule has 2 fully saturated rings. The molecule has 1 aromatic rings. The van der Waals surface area contributed by atoms with Gasteiger partial charge in [-0.25, -0.2) is 0 Å². The number of carbonyl (C=O) groups is 1. The lowest BCUT2D eigenvalue weighted by atomic mass is 10.0. The van der Waals surface area contributed by atoms with Gasteiger partial charge in [-0.3, -0.25) is 14.9 Å². The van der Waals surface area contributed by atoms with E-state index in [9.17, 15) is 14.9 Å². The molecule has 0 radical (unpaired) electrons. The van der Waals surface area contributed by atoms with E-state index in [-0.39, 0.29) is 17.6 Å². The lowest BCUT2D eigenvalue weighted by Crippen LogP contribution is -2.12. The Balaban J connectivity index is 1.62. The van der Waals surface area contributed by atoms with Gasteiger partial charge in [0.1, 0.15) is 5.75 Å². The number of non-ortho nitro benzene ring substituents is 1. The second kappa shape index (κ2) is 4.64. The van der Waals surface area contributed by atoms with E-state index in [4.69, 9.17) is 4.74 Å². The van der Waals surface area contributed by atoms with Crippen LogP contribution < -0.4 is 4.74 Å². The van der Waals surface area contributed by atoms with Crippen molar-refractivity contribution in [1.82, 2.24) is 0 Å². The molecule has 3 rings (SSSR count). The van der Waals surface area contributed by atoms with Gasteiger partial charge in [0.15, 0.2) is 0 Å². The van der Waals surface area contributed by atoms with Crippen LogP contribution in [0.3, 0.4) is 0 Å². The second-order valence-electron chi connectivity index (χ2n) is 5.31. The Bertz CT molecular complexity index is 499. The molecule has 2 saturated carbocycles. The van der Waals surface area contributed by atoms with Gasteiger partial charge in [0.2, 0.25) is 0 Å². The summed E-state index contributed by atoms with van der Waals surface area (Å²) in [7, 11) is 0. The quantitative estimate of drug-likeness (QED) is 0.363. The zero-order chi connectivity index (χ0) is 13.4. The summed E-state index contributed by atoms with van der Waals surface area (Å²) in [6, 6.07) is 5.65. The van der Waals surface area contributed by atoms with Gasteiger partial charge < -0.3 is 4.74 Å². The first-order chi connectivity index (χ1) is 9.16. The molecular formula is C14H15NO4. The highest BCUT2D eigenvalue weighted by atomic mass is 16.6. The molecule has 0 bridgehead atoms. The third-order valence-electron chi connectivity index (χ3n) is 4.19. The SMILES string of the molecule is O=C(Oc1ccc([N+](=O)[O-])cc1)C1C2CCCCC21. The van der Waals surface area contributed by atoms with Gasteiger partial charge in [-0.15, -0.1) is 0 Å². The molecule has 0 spiro atoms. The minimum absolute atomic E-state index is 0.000102. The normalized spacial score (nSPS) is 28.3. The first-order valence-electron chi connectivity index (χ1n) is 6.63. The van der Waals surface area contributed by atoms with Gasteiger partial charge in [-0.05, 0) is 36.8 Å². The van der Waals surface area contributed by atoms with Crippen molar-refractivity contribution >= 4 is 11.7 Å². The summed E-state index contributed by atoms with van der Waals surface area (Å²) in [6.45, 7) is 0. The largest absolute Gasteiger partial charge is 0.426 e. The number of ether oxygens (including phenoxy) is 1. The van der Waals surface area contributed by atoms with Crippen molar-refractivity contribution in [1.29, 1.82) is 0 Å². The lowest BCUT2D eigenvalue weighted by Gasteiger charge is -2.04. The van der Waals surface area contributed by atoms with E-state index in [1.807, 2.05) is 0 Å². The number of hydrogen-bond donors (Lipinski definition) is 0. The lowest BCUT2D eigenvalue weighted by molar-refractivity contribution is -0.384. The van der Waals surface area contributed by atoms with Crippen LogP contribution in [0.1, 0.15) is 25.7 Å². The molecule has 0 aliphatic heterocycles. The van der Waals surface area contributed by atoms with Gasteiger partial charge in [-0.2, -0.15) is 0 Å². The highest BCUT2D eigenvalue weighted by Gasteiger charge is 2.55. The second-order valence-corrected chi connectivity index (χ2v) is 5.31. The molecule has 0 N–H and O–H groups in total. The van der Waals surface area contributed by atoms with E-state index < -0.39 is 4.92 Å². The minimum Gasteiger partial charge on any atom is -0.426 e. The average molecular weight is 261 g/mol. The third-order valence-corrected chi connectivity index (χ3v) is 4.19. The van der Waals surface area contributed by atoms with Gasteiger partial charge in [0, 0.05) is 12.1 Å². The predicted molar refractivity (Wildman–Crippen MR) is 67.7 cm³/mol. The van der Waals surface area contributed by atoms with Gasteiger partial charge in [-0.1, -0.05) is 12.8 Å². The van der Waals surface area contributed by atoms with Crippen LogP contribution in [0.15, 0.2) is 24.3 Å². The predicted octanol–water partition coefficient (Wildman–Crippen LogP) is 2.94. The monoisotopic (exact) mass is 261 g/mol. The van der Waals surface area contributed by atoms with Crippen LogP contribution in [0.25, 0.3) is 0 Å². The third kappa shape index (κ3) is 2.32. The maximum atomic E-state index is 12.0. The van der Waals surface area contributed by atoms with Gasteiger partial charge in [0.05, 0.1) is 10.8 Å². The minimum atomic E-state index is -0.471. The summed E-state index contributed by atoms with van der Waals surface area (Å²) in [4.78, 5) is 22.1. The van der Waals surface area contributed by atoms with Crippen molar-refractivity contribution in [3.05, 3.63) is 34.4 Å². The van der Waals surface area contributed by atoms with Crippen LogP contribution in [-0.2, 0) is 4.79 Å². The maximum absolute atomic E-state index is 12.0. The van der Waals surface area contributed by atoms with E-state index in [0.29, 0.717) is 17.6 Å². The Hall–Kier alpha value is -1.91. The number of fused-ring (bicyclic) bond motifs is 1. The number of nitrogens with zero attached hydrogens (tertiary/aromatic N) is 1. The van der Waals surface area contributed by atoms with Crippen LogP contribution in [0.5, 0.6) is 5.75 Å². The van der Waals surface area contributed by atoms with E-state index >= 15 is 0 Å². The Morgan fingerprint density at radius 3 is 2.26 bits per heavy atom. The smallest absolute Gasteiger partial charge is 0.314 e. The molecule has 0 heterocycles. The van der Waals surface area contributed by atoms with Crippen molar-refractivity contribution < 1.29 is 14.5 Å². The zero-order valence-corrected chi connectivity index (χ0v) is 10.5. The highest BCUT2D eigenvalue weighted by Crippen LogP contribution is 2.55. The summed E-state index contributed by atoms with van der Waals surface area (Å²) >= 11 is 0. The molecule has 2 unspecified atom stereocenters. The van der Waals surface area contributed by atoms with Crippen molar-refractivity contribution in [3.63, 3.8) is 0 Å². The molecule has 19 heavy (non-hydrogen) atoms. The van der Waals surface area contributed by atoms with Crippen LogP contribution in [0.4, 0.5) is 5.69 Å². The van der Waals surface area contributed by atoms with Crippen molar-refractivity contribution in [2.75, 3.05) is 0 Å². The molecule has 0 amide bonds. The van der Waals surface area contributed by atoms with E-state index in [0.717, 1.165) is 12.8 Å². The molecule has 5 heteroatoms. The Kier molecular flexibility index (Phi) is 2.97. The summed E-state index contributed by atoms with van der Waals surface area (Å²) in [5.41, 5.74) is -0.000102. The summed E-state index contributed by atoms with van der Waals surface area (Å²) < 4.78 is 5.30. The molecule has 2 aliphatic carbocycles. The number of rotatable bonds is 3. The molecule has 2 aliphatic rings. The fourth-order valence-corrected chi connectivity index (χ4v) is 3.16. The summed E-state index contributed by atoms with van der Waals surface area (Å²) in [5, 5.41) is 10.5. The number of nitro groups is 1.